The number of nitrogens with two attached hydrogens (primary N) is 1. The summed E-state index contributed by atoms with van der Waals surface area (Å²) in [5.41, 5.74) is 7.51. The van der Waals surface area contributed by atoms with Gasteiger partial charge in [-0.15, -0.1) is 0 Å². The molecule has 0 unspecified atom stereocenters. The number of carbonyl (C=O) groups is 1. The van der Waals surface area contributed by atoms with E-state index < -0.39 is 0 Å². The fourth-order valence-corrected chi connectivity index (χ4v) is 2.03. The highest BCUT2D eigenvalue weighted by Crippen LogP contribution is 2.07. The highest BCUT2D eigenvalue weighted by Gasteiger charge is 2.12. The number of guanidine groups is 1. The molecule has 1 aliphatic rings. The van der Waals surface area contributed by atoms with Gasteiger partial charge in [0.2, 0.25) is 0 Å². The third-order valence-electron chi connectivity index (χ3n) is 3.22. The molecule has 1 heterocycles. The Bertz CT molecular complexity index is 493. The Morgan fingerprint density at radius 3 is 2.62 bits per heavy atom. The minimum Gasteiger partial charge on any atom is -0.462 e. The molecule has 1 aliphatic heterocycles. The summed E-state index contributed by atoms with van der Waals surface area (Å²) in [6.45, 7) is 5.58. The molecule has 1 saturated heterocycles. The number of ether oxygens (including phenoxy) is 2. The Kier molecular flexibility index (Phi) is 5.57. The first-order valence-corrected chi connectivity index (χ1v) is 7.09. The molecule has 2 rings (SSSR count). The summed E-state index contributed by atoms with van der Waals surface area (Å²) in [7, 11) is 0. The normalized spacial score (nSPS) is 15.9. The lowest BCUT2D eigenvalue weighted by atomic mass is 10.1. The number of rotatable bonds is 4. The molecule has 6 heteroatoms. The maximum absolute atomic E-state index is 11.5. The molecule has 2 N–H and O–H groups in total. The van der Waals surface area contributed by atoms with Crippen LogP contribution in [-0.2, 0) is 16.0 Å². The predicted octanol–water partition coefficient (Wildman–Crippen LogP) is 1.01. The zero-order valence-corrected chi connectivity index (χ0v) is 12.2. The molecule has 6 nitrogen and oxygen atoms in total. The summed E-state index contributed by atoms with van der Waals surface area (Å²) < 4.78 is 10.2. The van der Waals surface area contributed by atoms with Gasteiger partial charge in [0, 0.05) is 13.1 Å². The zero-order chi connectivity index (χ0) is 15.1. The predicted molar refractivity (Wildman–Crippen MR) is 80.1 cm³/mol. The third kappa shape index (κ3) is 4.46. The Balaban J connectivity index is 1.92. The third-order valence-corrected chi connectivity index (χ3v) is 3.22. The van der Waals surface area contributed by atoms with Crippen molar-refractivity contribution >= 4 is 11.9 Å². The van der Waals surface area contributed by atoms with Crippen molar-refractivity contribution in [3.63, 3.8) is 0 Å². The average Bonchev–Trinajstić information content (AvgIpc) is 2.54. The number of hydrogen-bond acceptors (Lipinski definition) is 4. The quantitative estimate of drug-likeness (QED) is 0.509. The second kappa shape index (κ2) is 7.64. The van der Waals surface area contributed by atoms with Crippen LogP contribution in [0.2, 0.25) is 0 Å². The van der Waals surface area contributed by atoms with Gasteiger partial charge in [-0.1, -0.05) is 12.1 Å². The van der Waals surface area contributed by atoms with Crippen molar-refractivity contribution in [1.29, 1.82) is 0 Å². The van der Waals surface area contributed by atoms with E-state index in [9.17, 15) is 4.79 Å². The van der Waals surface area contributed by atoms with Crippen molar-refractivity contribution < 1.29 is 14.3 Å². The van der Waals surface area contributed by atoms with Crippen LogP contribution in [0.1, 0.15) is 22.8 Å². The summed E-state index contributed by atoms with van der Waals surface area (Å²) in [5, 5.41) is 0. The van der Waals surface area contributed by atoms with Crippen LogP contribution in [0.25, 0.3) is 0 Å². The molecule has 0 bridgehead atoms. The van der Waals surface area contributed by atoms with Crippen molar-refractivity contribution in [1.82, 2.24) is 4.90 Å². The molecule has 1 aromatic rings. The van der Waals surface area contributed by atoms with Gasteiger partial charge in [0.25, 0.3) is 0 Å². The van der Waals surface area contributed by atoms with E-state index in [-0.39, 0.29) is 5.97 Å². The molecule has 0 aromatic heterocycles. The van der Waals surface area contributed by atoms with Gasteiger partial charge in [0.15, 0.2) is 5.96 Å². The lowest BCUT2D eigenvalue weighted by Gasteiger charge is -2.27. The van der Waals surface area contributed by atoms with Gasteiger partial charge in [-0.25, -0.2) is 9.79 Å². The van der Waals surface area contributed by atoms with Crippen molar-refractivity contribution in [3.8, 4) is 0 Å². The number of nitrogens with zero attached hydrogens (tertiary/aromatic N) is 2. The van der Waals surface area contributed by atoms with E-state index in [0.29, 0.717) is 37.9 Å². The highest BCUT2D eigenvalue weighted by atomic mass is 16.5. The van der Waals surface area contributed by atoms with Gasteiger partial charge < -0.3 is 20.1 Å². The lowest BCUT2D eigenvalue weighted by molar-refractivity contribution is 0.0526. The molecule has 0 spiro atoms. The van der Waals surface area contributed by atoms with E-state index >= 15 is 0 Å². The monoisotopic (exact) mass is 291 g/mol. The van der Waals surface area contributed by atoms with Crippen LogP contribution in [-0.4, -0.2) is 49.7 Å². The largest absolute Gasteiger partial charge is 0.462 e. The van der Waals surface area contributed by atoms with E-state index in [4.69, 9.17) is 15.2 Å². The van der Waals surface area contributed by atoms with E-state index in [2.05, 4.69) is 4.99 Å². The summed E-state index contributed by atoms with van der Waals surface area (Å²) in [6, 6.07) is 7.21. The number of aliphatic imine (C=N–C) groups is 1. The fourth-order valence-electron chi connectivity index (χ4n) is 2.03. The van der Waals surface area contributed by atoms with E-state index in [0.717, 1.165) is 18.7 Å². The van der Waals surface area contributed by atoms with Crippen molar-refractivity contribution in [2.75, 3.05) is 32.9 Å². The van der Waals surface area contributed by atoms with Crippen LogP contribution in [0.3, 0.4) is 0 Å². The summed E-state index contributed by atoms with van der Waals surface area (Å²) in [5.74, 6) is 0.230. The SMILES string of the molecule is CCOC(=O)c1ccc(CN=C(N)N2CCOCC2)cc1. The molecule has 1 aromatic carbocycles. The second-order valence-electron chi connectivity index (χ2n) is 4.69. The Labute approximate surface area is 124 Å². The molecule has 0 amide bonds. The summed E-state index contributed by atoms with van der Waals surface area (Å²) >= 11 is 0. The first-order valence-electron chi connectivity index (χ1n) is 7.09. The minimum absolute atomic E-state index is 0.305. The number of hydrogen-bond donors (Lipinski definition) is 1. The van der Waals surface area contributed by atoms with Crippen molar-refractivity contribution in [2.24, 2.45) is 10.7 Å². The topological polar surface area (TPSA) is 77.1 Å². The van der Waals surface area contributed by atoms with Gasteiger partial charge in [-0.2, -0.15) is 0 Å². The van der Waals surface area contributed by atoms with Gasteiger partial charge >= 0.3 is 5.97 Å². The van der Waals surface area contributed by atoms with Gasteiger partial charge in [0.1, 0.15) is 0 Å². The first-order chi connectivity index (χ1) is 10.2. The zero-order valence-electron chi connectivity index (χ0n) is 12.2. The van der Waals surface area contributed by atoms with Crippen LogP contribution >= 0.6 is 0 Å². The minimum atomic E-state index is -0.305. The Hall–Kier alpha value is -2.08. The molecule has 0 radical (unpaired) electrons. The van der Waals surface area contributed by atoms with Crippen LogP contribution in [0.15, 0.2) is 29.3 Å². The molecule has 0 saturated carbocycles. The summed E-state index contributed by atoms with van der Waals surface area (Å²) in [6.07, 6.45) is 0. The Morgan fingerprint density at radius 2 is 2.00 bits per heavy atom. The maximum Gasteiger partial charge on any atom is 0.338 e. The van der Waals surface area contributed by atoms with E-state index in [1.807, 2.05) is 17.0 Å². The molecule has 0 aliphatic carbocycles. The molecule has 0 atom stereocenters. The number of esters is 1. The highest BCUT2D eigenvalue weighted by molar-refractivity contribution is 5.89. The average molecular weight is 291 g/mol. The lowest BCUT2D eigenvalue weighted by Crippen LogP contribution is -2.44. The maximum atomic E-state index is 11.5. The van der Waals surface area contributed by atoms with Gasteiger partial charge in [-0.05, 0) is 24.6 Å². The van der Waals surface area contributed by atoms with Crippen molar-refractivity contribution in [2.45, 2.75) is 13.5 Å². The van der Waals surface area contributed by atoms with Crippen LogP contribution < -0.4 is 5.73 Å². The second-order valence-corrected chi connectivity index (χ2v) is 4.69. The van der Waals surface area contributed by atoms with E-state index in [1.165, 1.54) is 0 Å². The van der Waals surface area contributed by atoms with Crippen LogP contribution in [0, 0.1) is 0 Å². The van der Waals surface area contributed by atoms with Crippen LogP contribution in [0.4, 0.5) is 0 Å². The smallest absolute Gasteiger partial charge is 0.338 e. The standard InChI is InChI=1S/C15H21N3O3/c1-2-21-14(19)13-5-3-12(4-6-13)11-17-15(16)18-7-9-20-10-8-18/h3-6H,2,7-11H2,1H3,(H2,16,17). The fraction of sp³-hybridized carbons (Fsp3) is 0.467. The first kappa shape index (κ1) is 15.3. The molecular formula is C15H21N3O3. The van der Waals surface area contributed by atoms with Crippen molar-refractivity contribution in [3.05, 3.63) is 35.4 Å². The molecule has 1 fully saturated rings. The number of morpholine rings is 1. The van der Waals surface area contributed by atoms with Gasteiger partial charge in [-0.3, -0.25) is 0 Å². The molecule has 114 valence electrons. The molecule has 21 heavy (non-hydrogen) atoms. The summed E-state index contributed by atoms with van der Waals surface area (Å²) in [4.78, 5) is 17.9. The number of benzene rings is 1. The molecular weight excluding hydrogens is 270 g/mol. The Morgan fingerprint density at radius 1 is 1.33 bits per heavy atom. The van der Waals surface area contributed by atoms with Gasteiger partial charge in [0.05, 0.1) is 31.9 Å². The van der Waals surface area contributed by atoms with E-state index in [1.54, 1.807) is 19.1 Å². The van der Waals surface area contributed by atoms with Crippen LogP contribution in [0.5, 0.6) is 0 Å². The number of carbonyl (C=O) groups excluding carboxylic acids is 1.